The van der Waals surface area contributed by atoms with E-state index in [9.17, 15) is 21.6 Å². The number of benzene rings is 2. The summed E-state index contributed by atoms with van der Waals surface area (Å²) in [6.45, 7) is 4.06. The third kappa shape index (κ3) is 5.75. The summed E-state index contributed by atoms with van der Waals surface area (Å²) in [5, 5.41) is 3.92. The minimum absolute atomic E-state index is 0.202. The summed E-state index contributed by atoms with van der Waals surface area (Å²) in [4.78, 5) is 19.6. The topological polar surface area (TPSA) is 143 Å². The number of piperazine rings is 1. The van der Waals surface area contributed by atoms with Crippen LogP contribution in [0.15, 0.2) is 62.8 Å². The van der Waals surface area contributed by atoms with Crippen molar-refractivity contribution in [3.8, 4) is 11.4 Å². The summed E-state index contributed by atoms with van der Waals surface area (Å²) in [5.74, 6) is 0.963. The molecule has 3 heterocycles. The van der Waals surface area contributed by atoms with Crippen molar-refractivity contribution in [2.45, 2.75) is 29.0 Å². The maximum absolute atomic E-state index is 13.3. The molecule has 1 aromatic heterocycles. The van der Waals surface area contributed by atoms with Crippen molar-refractivity contribution in [3.63, 3.8) is 0 Å². The number of carbonyl (C=O) groups is 1. The highest BCUT2D eigenvalue weighted by Gasteiger charge is 2.36. The van der Waals surface area contributed by atoms with Gasteiger partial charge in [0.25, 0.3) is 0 Å². The molecule has 14 heteroatoms. The average molecular weight is 576 g/mol. The number of hydrogen-bond acceptors (Lipinski definition) is 11. The van der Waals surface area contributed by atoms with Gasteiger partial charge in [0, 0.05) is 63.7 Å². The lowest BCUT2D eigenvalue weighted by atomic mass is 10.1. The van der Waals surface area contributed by atoms with E-state index in [-0.39, 0.29) is 29.0 Å². The summed E-state index contributed by atoms with van der Waals surface area (Å²) in [7, 11) is -7.69. The number of sulfone groups is 1. The molecule has 0 saturated carbocycles. The molecule has 0 aliphatic carbocycles. The first kappa shape index (κ1) is 27.4. The number of aldehydes is 1. The van der Waals surface area contributed by atoms with E-state index in [1.165, 1.54) is 28.6 Å². The lowest BCUT2D eigenvalue weighted by Crippen LogP contribution is -2.50. The van der Waals surface area contributed by atoms with Crippen molar-refractivity contribution in [1.82, 2.24) is 19.3 Å². The fourth-order valence-corrected chi connectivity index (χ4v) is 7.89. The quantitative estimate of drug-likeness (QED) is 0.357. The third-order valence-electron chi connectivity index (χ3n) is 6.80. The second kappa shape index (κ2) is 10.8. The number of aromatic nitrogens is 2. The Kier molecular flexibility index (Phi) is 7.57. The largest absolute Gasteiger partial charge is 0.345 e. The second-order valence-corrected chi connectivity index (χ2v) is 13.4. The summed E-state index contributed by atoms with van der Waals surface area (Å²) < 4.78 is 63.2. The number of hydrogen-bond donors (Lipinski definition) is 0. The zero-order chi connectivity index (χ0) is 27.8. The van der Waals surface area contributed by atoms with E-state index in [1.807, 2.05) is 29.2 Å². The Labute approximate surface area is 227 Å². The molecule has 0 N–H and O–H groups in total. The van der Waals surface area contributed by atoms with E-state index in [2.05, 4.69) is 15.0 Å². The molecule has 2 unspecified atom stereocenters. The third-order valence-corrected chi connectivity index (χ3v) is 10.0. The first-order chi connectivity index (χ1) is 18.6. The van der Waals surface area contributed by atoms with Crippen LogP contribution < -0.4 is 4.90 Å². The Bertz CT molecular complexity index is 1550. The van der Waals surface area contributed by atoms with Crippen LogP contribution in [0.5, 0.6) is 0 Å². The Morgan fingerprint density at radius 1 is 0.974 bits per heavy atom. The van der Waals surface area contributed by atoms with Crippen LogP contribution in [0.2, 0.25) is 0 Å². The standard InChI is InChI=1S/C25H29N5O7S2/c1-18-26-25(27-37-18)19-7-9-20(10-8-19)30-16-21(36-24(30)17-31)15-28-11-13-29(14-12-28)39(34,35)23-6-4-3-5-22(23)38(2,32)33/h3-10,17,21,24H,11-16H2,1-2H3. The van der Waals surface area contributed by atoms with Crippen molar-refractivity contribution < 1.29 is 30.9 Å². The number of rotatable bonds is 8. The average Bonchev–Trinajstić information content (AvgIpc) is 3.54. The predicted octanol–water partition coefficient (Wildman–Crippen LogP) is 1.19. The molecule has 2 atom stereocenters. The van der Waals surface area contributed by atoms with Crippen molar-refractivity contribution >= 4 is 31.8 Å². The number of sulfonamides is 1. The number of carbonyl (C=O) groups excluding carboxylic acids is 1. The fraction of sp³-hybridized carbons (Fsp3) is 0.400. The van der Waals surface area contributed by atoms with Gasteiger partial charge in [0.2, 0.25) is 21.7 Å². The molecule has 2 aliphatic rings. The van der Waals surface area contributed by atoms with E-state index in [1.54, 1.807) is 6.92 Å². The molecule has 2 aromatic carbocycles. The minimum atomic E-state index is -3.98. The Hall–Kier alpha value is -3.17. The molecule has 0 spiro atoms. The summed E-state index contributed by atoms with van der Waals surface area (Å²) in [6, 6.07) is 13.1. The molecule has 0 amide bonds. The highest BCUT2D eigenvalue weighted by Crippen LogP contribution is 2.28. The van der Waals surface area contributed by atoms with E-state index in [0.29, 0.717) is 37.9 Å². The van der Waals surface area contributed by atoms with E-state index in [0.717, 1.165) is 23.8 Å². The Morgan fingerprint density at radius 2 is 1.64 bits per heavy atom. The highest BCUT2D eigenvalue weighted by atomic mass is 32.2. The zero-order valence-corrected chi connectivity index (χ0v) is 23.1. The van der Waals surface area contributed by atoms with Gasteiger partial charge in [-0.2, -0.15) is 9.29 Å². The molecule has 39 heavy (non-hydrogen) atoms. The maximum Gasteiger partial charge on any atom is 0.244 e. The molecule has 2 fully saturated rings. The van der Waals surface area contributed by atoms with Gasteiger partial charge in [-0.05, 0) is 36.4 Å². The van der Waals surface area contributed by atoms with Crippen molar-refractivity contribution in [2.75, 3.05) is 50.4 Å². The Balaban J connectivity index is 1.21. The fourth-order valence-electron chi connectivity index (χ4n) is 4.86. The first-order valence-electron chi connectivity index (χ1n) is 12.4. The van der Waals surface area contributed by atoms with Gasteiger partial charge in [-0.3, -0.25) is 9.69 Å². The molecular weight excluding hydrogens is 546 g/mol. The lowest BCUT2D eigenvalue weighted by molar-refractivity contribution is -0.117. The number of anilines is 1. The van der Waals surface area contributed by atoms with Crippen molar-refractivity contribution in [3.05, 3.63) is 54.4 Å². The van der Waals surface area contributed by atoms with Crippen LogP contribution >= 0.6 is 0 Å². The molecule has 2 saturated heterocycles. The summed E-state index contributed by atoms with van der Waals surface area (Å²) in [5.41, 5.74) is 1.61. The zero-order valence-electron chi connectivity index (χ0n) is 21.5. The maximum atomic E-state index is 13.3. The second-order valence-electron chi connectivity index (χ2n) is 9.54. The van der Waals surface area contributed by atoms with Gasteiger partial charge in [0.15, 0.2) is 22.4 Å². The van der Waals surface area contributed by atoms with Gasteiger partial charge >= 0.3 is 0 Å². The number of aryl methyl sites for hydroxylation is 1. The van der Waals surface area contributed by atoms with Gasteiger partial charge in [-0.25, -0.2) is 16.8 Å². The minimum Gasteiger partial charge on any atom is -0.345 e. The van der Waals surface area contributed by atoms with Gasteiger partial charge in [0.05, 0.1) is 11.0 Å². The SMILES string of the molecule is Cc1nc(-c2ccc(N3CC(CN4CCN(S(=O)(=O)c5ccccc5S(C)(=O)=O)CC4)OC3C=O)cc2)no1. The monoisotopic (exact) mass is 575 g/mol. The molecule has 2 aliphatic heterocycles. The van der Waals surface area contributed by atoms with Gasteiger partial charge in [-0.15, -0.1) is 0 Å². The number of nitrogens with zero attached hydrogens (tertiary/aromatic N) is 5. The lowest BCUT2D eigenvalue weighted by Gasteiger charge is -2.35. The van der Waals surface area contributed by atoms with Crippen LogP contribution in [-0.4, -0.2) is 100 Å². The van der Waals surface area contributed by atoms with E-state index in [4.69, 9.17) is 9.26 Å². The van der Waals surface area contributed by atoms with Crippen LogP contribution in [-0.2, 0) is 29.4 Å². The molecule has 208 valence electrons. The molecule has 0 bridgehead atoms. The highest BCUT2D eigenvalue weighted by molar-refractivity contribution is 7.93. The smallest absolute Gasteiger partial charge is 0.244 e. The summed E-state index contributed by atoms with van der Waals surface area (Å²) in [6.07, 6.45) is 0.774. The number of ether oxygens (including phenoxy) is 1. The van der Waals surface area contributed by atoms with Crippen LogP contribution in [0.3, 0.4) is 0 Å². The van der Waals surface area contributed by atoms with Crippen LogP contribution in [0.25, 0.3) is 11.4 Å². The summed E-state index contributed by atoms with van der Waals surface area (Å²) >= 11 is 0. The first-order valence-corrected chi connectivity index (χ1v) is 15.7. The Morgan fingerprint density at radius 3 is 2.23 bits per heavy atom. The van der Waals surface area contributed by atoms with Crippen LogP contribution in [0.4, 0.5) is 5.69 Å². The van der Waals surface area contributed by atoms with Gasteiger partial charge in [-0.1, -0.05) is 17.3 Å². The normalized spacial score (nSPS) is 21.3. The predicted molar refractivity (Wildman–Crippen MR) is 141 cm³/mol. The molecular formula is C25H29N5O7S2. The van der Waals surface area contributed by atoms with Gasteiger partial charge < -0.3 is 14.2 Å². The van der Waals surface area contributed by atoms with E-state index < -0.39 is 26.1 Å². The molecule has 5 rings (SSSR count). The van der Waals surface area contributed by atoms with Crippen LogP contribution in [0.1, 0.15) is 5.89 Å². The van der Waals surface area contributed by atoms with Gasteiger partial charge in [0.1, 0.15) is 4.90 Å². The van der Waals surface area contributed by atoms with Crippen molar-refractivity contribution in [1.29, 1.82) is 0 Å². The molecule has 0 radical (unpaired) electrons. The van der Waals surface area contributed by atoms with E-state index >= 15 is 0 Å². The molecule has 3 aromatic rings. The van der Waals surface area contributed by atoms with Crippen LogP contribution in [0, 0.1) is 6.92 Å². The van der Waals surface area contributed by atoms with Crippen molar-refractivity contribution in [2.24, 2.45) is 0 Å². The molecule has 12 nitrogen and oxygen atoms in total.